The summed E-state index contributed by atoms with van der Waals surface area (Å²) in [5.74, 6) is 0. The van der Waals surface area contributed by atoms with Gasteiger partial charge in [-0.15, -0.1) is 0 Å². The molecule has 0 unspecified atom stereocenters. The van der Waals surface area contributed by atoms with E-state index in [0.29, 0.717) is 12.0 Å². The van der Waals surface area contributed by atoms with E-state index in [1.165, 1.54) is 84.7 Å². The normalized spacial score (nSPS) is 12.9. The molecule has 0 radical (unpaired) electrons. The molecule has 5 aromatic rings. The van der Waals surface area contributed by atoms with E-state index in [1.54, 1.807) is 11.6 Å². The first-order chi connectivity index (χ1) is 26.2. The van der Waals surface area contributed by atoms with Crippen molar-refractivity contribution in [1.82, 2.24) is 0 Å². The number of unbranched alkanes of at least 4 members (excludes halogenated alkanes) is 9. The van der Waals surface area contributed by atoms with Crippen molar-refractivity contribution in [1.29, 1.82) is 0 Å². The van der Waals surface area contributed by atoms with Crippen LogP contribution in [0, 0.1) is 0 Å². The molecule has 55 heavy (non-hydrogen) atoms. The Morgan fingerprint density at radius 3 is 1.58 bits per heavy atom. The molecule has 0 heterocycles. The van der Waals surface area contributed by atoms with Crippen LogP contribution in [0.2, 0.25) is 0 Å². The van der Waals surface area contributed by atoms with Crippen LogP contribution in [-0.4, -0.2) is 13.0 Å². The van der Waals surface area contributed by atoms with E-state index in [0.717, 1.165) is 47.9 Å². The Bertz CT molecular complexity index is 2160. The number of hydrogen-bond donors (Lipinski definition) is 1. The summed E-state index contributed by atoms with van der Waals surface area (Å²) in [6, 6.07) is 36.4. The maximum Gasteiger partial charge on any atom is 0.294 e. The minimum atomic E-state index is -4.41. The van der Waals surface area contributed by atoms with Crippen LogP contribution in [0.4, 0.5) is 0 Å². The van der Waals surface area contributed by atoms with E-state index in [4.69, 9.17) is 0 Å². The second kappa shape index (κ2) is 17.4. The smallest absolute Gasteiger partial charge is 0.282 e. The lowest BCUT2D eigenvalue weighted by atomic mass is 9.83. The molecule has 0 aromatic heterocycles. The fourth-order valence-corrected chi connectivity index (χ4v) is 9.22. The average Bonchev–Trinajstić information content (AvgIpc) is 3.53. The Kier molecular flexibility index (Phi) is 12.9. The van der Waals surface area contributed by atoms with Gasteiger partial charge in [-0.2, -0.15) is 8.42 Å². The molecule has 290 valence electrons. The molecule has 1 N–H and O–H groups in total. The summed E-state index contributed by atoms with van der Waals surface area (Å²) in [6.07, 6.45) is 14.7. The Morgan fingerprint density at radius 2 is 1.02 bits per heavy atom. The quantitative estimate of drug-likeness (QED) is 0.0791. The molecular formula is C51H62O3S. The van der Waals surface area contributed by atoms with Gasteiger partial charge in [-0.3, -0.25) is 4.55 Å². The molecule has 5 aromatic carbocycles. The van der Waals surface area contributed by atoms with E-state index in [9.17, 15) is 13.0 Å². The number of fused-ring (bicyclic) bond motifs is 3. The first kappa shape index (κ1) is 40.7. The summed E-state index contributed by atoms with van der Waals surface area (Å²) < 4.78 is 36.1. The van der Waals surface area contributed by atoms with Crippen LogP contribution in [0.3, 0.4) is 0 Å². The minimum absolute atomic E-state index is 0.0000681. The highest BCUT2D eigenvalue weighted by atomic mass is 32.2. The molecule has 1 aliphatic rings. The predicted molar refractivity (Wildman–Crippen MR) is 233 cm³/mol. The zero-order chi connectivity index (χ0) is 39.2. The largest absolute Gasteiger partial charge is 0.294 e. The van der Waals surface area contributed by atoms with Crippen molar-refractivity contribution in [3.8, 4) is 33.4 Å². The van der Waals surface area contributed by atoms with Gasteiger partial charge in [0.15, 0.2) is 0 Å². The van der Waals surface area contributed by atoms with Crippen LogP contribution < -0.4 is 0 Å². The Morgan fingerprint density at radius 1 is 0.509 bits per heavy atom. The predicted octanol–water partition coefficient (Wildman–Crippen LogP) is 14.1. The van der Waals surface area contributed by atoms with Gasteiger partial charge < -0.3 is 0 Å². The molecule has 0 aliphatic heterocycles. The number of hydrogen-bond acceptors (Lipinski definition) is 2. The van der Waals surface area contributed by atoms with E-state index in [-0.39, 0.29) is 15.7 Å². The lowest BCUT2D eigenvalue weighted by Gasteiger charge is -2.22. The van der Waals surface area contributed by atoms with Gasteiger partial charge in [-0.25, -0.2) is 0 Å². The zero-order valence-electron chi connectivity index (χ0n) is 34.2. The van der Waals surface area contributed by atoms with Gasteiger partial charge in [0.05, 0.1) is 4.90 Å². The molecule has 0 spiro atoms. The van der Waals surface area contributed by atoms with Crippen LogP contribution >= 0.6 is 0 Å². The van der Waals surface area contributed by atoms with Gasteiger partial charge in [0.2, 0.25) is 0 Å². The van der Waals surface area contributed by atoms with E-state index in [2.05, 4.69) is 133 Å². The lowest BCUT2D eigenvalue weighted by molar-refractivity contribution is 0.481. The van der Waals surface area contributed by atoms with Crippen molar-refractivity contribution in [2.24, 2.45) is 0 Å². The van der Waals surface area contributed by atoms with E-state index < -0.39 is 10.1 Å². The summed E-state index contributed by atoms with van der Waals surface area (Å²) in [6.45, 7) is 13.2. The number of benzene rings is 5. The van der Waals surface area contributed by atoms with Gasteiger partial charge in [0.25, 0.3) is 10.1 Å². The third-order valence-corrected chi connectivity index (χ3v) is 12.7. The third-order valence-electron chi connectivity index (χ3n) is 11.7. The summed E-state index contributed by atoms with van der Waals surface area (Å²) in [4.78, 5) is 0.0270. The van der Waals surface area contributed by atoms with Crippen molar-refractivity contribution in [2.75, 3.05) is 0 Å². The molecular weight excluding hydrogens is 693 g/mol. The molecule has 0 saturated carbocycles. The second-order valence-electron chi connectivity index (χ2n) is 17.9. The molecule has 6 rings (SSSR count). The van der Waals surface area contributed by atoms with Crippen molar-refractivity contribution in [3.63, 3.8) is 0 Å². The van der Waals surface area contributed by atoms with Crippen LogP contribution in [0.1, 0.15) is 139 Å². The van der Waals surface area contributed by atoms with Crippen molar-refractivity contribution >= 4 is 10.1 Å². The van der Waals surface area contributed by atoms with E-state index >= 15 is 0 Å². The third kappa shape index (κ3) is 10.1. The highest BCUT2D eigenvalue weighted by molar-refractivity contribution is 7.85. The van der Waals surface area contributed by atoms with Crippen LogP contribution in [-0.2, 0) is 40.2 Å². The fraction of sp³-hybridized carbons (Fsp3) is 0.412. The van der Waals surface area contributed by atoms with Gasteiger partial charge in [0, 0.05) is 0 Å². The fourth-order valence-electron chi connectivity index (χ4n) is 8.46. The summed E-state index contributed by atoms with van der Waals surface area (Å²) >= 11 is 0. The molecule has 4 heteroatoms. The van der Waals surface area contributed by atoms with Gasteiger partial charge >= 0.3 is 0 Å². The van der Waals surface area contributed by atoms with E-state index in [1.807, 2.05) is 6.07 Å². The lowest BCUT2D eigenvalue weighted by Crippen LogP contribution is -2.11. The van der Waals surface area contributed by atoms with Crippen molar-refractivity contribution in [3.05, 3.63) is 137 Å². The first-order valence-corrected chi connectivity index (χ1v) is 22.2. The Labute approximate surface area is 332 Å². The SMILES string of the molecule is CC(C)(C)c1ccc(-c2ccc(S(=O)(=O)O)c(CCCCCCCCCCCCc3cccc4c3Cc3ccccc3-4)c2-c2ccc(C(C)(C)C)cc2)cc1. The highest BCUT2D eigenvalue weighted by Crippen LogP contribution is 2.41. The highest BCUT2D eigenvalue weighted by Gasteiger charge is 2.24. The van der Waals surface area contributed by atoms with Gasteiger partial charge in [-0.1, -0.05) is 190 Å². The molecule has 0 bridgehead atoms. The molecule has 0 saturated heterocycles. The van der Waals surface area contributed by atoms with Crippen LogP contribution in [0.25, 0.3) is 33.4 Å². The molecule has 0 fully saturated rings. The summed E-state index contributed by atoms with van der Waals surface area (Å²) in [7, 11) is -4.41. The Balaban J connectivity index is 1.04. The summed E-state index contributed by atoms with van der Waals surface area (Å²) in [5, 5.41) is 0. The molecule has 0 amide bonds. The van der Waals surface area contributed by atoms with Gasteiger partial charge in [-0.05, 0) is 116 Å². The Hall–Kier alpha value is -3.99. The van der Waals surface area contributed by atoms with Crippen molar-refractivity contribution < 1.29 is 13.0 Å². The summed E-state index contributed by atoms with van der Waals surface area (Å²) in [5.41, 5.74) is 14.5. The molecule has 0 atom stereocenters. The maximum atomic E-state index is 12.8. The number of rotatable bonds is 16. The molecule has 1 aliphatic carbocycles. The first-order valence-electron chi connectivity index (χ1n) is 20.8. The van der Waals surface area contributed by atoms with Gasteiger partial charge in [0.1, 0.15) is 0 Å². The average molecular weight is 755 g/mol. The zero-order valence-corrected chi connectivity index (χ0v) is 35.0. The van der Waals surface area contributed by atoms with Crippen molar-refractivity contribution in [2.45, 2.75) is 141 Å². The second-order valence-corrected chi connectivity index (χ2v) is 19.3. The number of aryl methyl sites for hydroxylation is 1. The van der Waals surface area contributed by atoms with Crippen LogP contribution in [0.15, 0.2) is 108 Å². The minimum Gasteiger partial charge on any atom is -0.282 e. The topological polar surface area (TPSA) is 54.4 Å². The van der Waals surface area contributed by atoms with Crippen LogP contribution in [0.5, 0.6) is 0 Å². The maximum absolute atomic E-state index is 12.8. The molecule has 3 nitrogen and oxygen atoms in total. The standard InChI is InChI=1S/C51H62O3S/c1-50(2,3)41-30-26-38(27-31-41)44-34-35-48(55(52,53)54)46(49(44)39-28-32-42(33-29-39)51(4,5)6)24-16-14-12-10-8-7-9-11-13-15-20-37-22-19-25-45-43-23-18-17-21-40(43)36-47(37)45/h17-19,21-23,25-35H,7-16,20,24,36H2,1-6H3,(H,52,53,54). The monoisotopic (exact) mass is 754 g/mol.